The van der Waals surface area contributed by atoms with Crippen molar-refractivity contribution < 1.29 is 0 Å². The second kappa shape index (κ2) is 7.00. The standard InChI is InChI=1S/C15H19ClN4S/c1-4-20-13(9-18-17)19-14(10(2)3)15(20)21-12-7-5-6-11(16)8-12/h5-10H,4,17H2,1-3H3. The topological polar surface area (TPSA) is 56.2 Å². The van der Waals surface area contributed by atoms with E-state index in [0.717, 1.165) is 33.0 Å². The van der Waals surface area contributed by atoms with Crippen LogP contribution in [-0.4, -0.2) is 15.8 Å². The van der Waals surface area contributed by atoms with E-state index in [1.807, 2.05) is 24.3 Å². The summed E-state index contributed by atoms with van der Waals surface area (Å²) in [6.07, 6.45) is 1.59. The molecule has 1 heterocycles. The first kappa shape index (κ1) is 15.9. The van der Waals surface area contributed by atoms with Crippen LogP contribution >= 0.6 is 23.4 Å². The number of hydrogen-bond acceptors (Lipinski definition) is 4. The van der Waals surface area contributed by atoms with Crippen molar-refractivity contribution in [3.63, 3.8) is 0 Å². The first-order chi connectivity index (χ1) is 10.1. The third-order valence-corrected chi connectivity index (χ3v) is 4.39. The van der Waals surface area contributed by atoms with Gasteiger partial charge in [0.15, 0.2) is 5.82 Å². The molecule has 2 aromatic rings. The van der Waals surface area contributed by atoms with Gasteiger partial charge in [-0.05, 0) is 31.0 Å². The largest absolute Gasteiger partial charge is 0.323 e. The number of halogens is 1. The van der Waals surface area contributed by atoms with Crippen LogP contribution in [0.5, 0.6) is 0 Å². The molecule has 0 amide bonds. The Balaban J connectivity index is 2.49. The Morgan fingerprint density at radius 2 is 2.24 bits per heavy atom. The first-order valence-corrected chi connectivity index (χ1v) is 8.03. The van der Waals surface area contributed by atoms with Crippen LogP contribution in [0.2, 0.25) is 5.02 Å². The highest BCUT2D eigenvalue weighted by molar-refractivity contribution is 7.99. The van der Waals surface area contributed by atoms with Gasteiger partial charge in [-0.15, -0.1) is 0 Å². The third-order valence-electron chi connectivity index (χ3n) is 3.04. The van der Waals surface area contributed by atoms with E-state index in [4.69, 9.17) is 17.4 Å². The van der Waals surface area contributed by atoms with Gasteiger partial charge in [0, 0.05) is 16.5 Å². The van der Waals surface area contributed by atoms with E-state index in [1.54, 1.807) is 18.0 Å². The van der Waals surface area contributed by atoms with E-state index in [1.165, 1.54) is 0 Å². The zero-order chi connectivity index (χ0) is 15.4. The van der Waals surface area contributed by atoms with Gasteiger partial charge in [0.25, 0.3) is 0 Å². The Hall–Kier alpha value is -1.46. The molecule has 0 aliphatic carbocycles. The monoisotopic (exact) mass is 322 g/mol. The molecule has 1 aromatic carbocycles. The molecule has 0 fully saturated rings. The number of hydrazone groups is 1. The maximum Gasteiger partial charge on any atom is 0.154 e. The fourth-order valence-corrected chi connectivity index (χ4v) is 3.60. The Bertz CT molecular complexity index is 649. The molecule has 0 aliphatic heterocycles. The fourth-order valence-electron chi connectivity index (χ4n) is 2.07. The van der Waals surface area contributed by atoms with Gasteiger partial charge in [-0.25, -0.2) is 4.98 Å². The zero-order valence-corrected chi connectivity index (χ0v) is 13.9. The summed E-state index contributed by atoms with van der Waals surface area (Å²) in [7, 11) is 0. The van der Waals surface area contributed by atoms with Crippen molar-refractivity contribution in [3.05, 3.63) is 40.8 Å². The molecule has 0 atom stereocenters. The van der Waals surface area contributed by atoms with Crippen LogP contribution in [0.1, 0.15) is 38.2 Å². The van der Waals surface area contributed by atoms with Gasteiger partial charge in [-0.1, -0.05) is 43.3 Å². The summed E-state index contributed by atoms with van der Waals surface area (Å²) in [5.41, 5.74) is 1.05. The Labute approximate surface area is 134 Å². The van der Waals surface area contributed by atoms with Gasteiger partial charge in [0.05, 0.1) is 11.9 Å². The molecule has 112 valence electrons. The van der Waals surface area contributed by atoms with Crippen LogP contribution in [-0.2, 0) is 6.54 Å². The summed E-state index contributed by atoms with van der Waals surface area (Å²) in [4.78, 5) is 5.76. The van der Waals surface area contributed by atoms with Crippen LogP contribution in [0.4, 0.5) is 0 Å². The molecule has 4 nitrogen and oxygen atoms in total. The van der Waals surface area contributed by atoms with Gasteiger partial charge >= 0.3 is 0 Å². The number of benzene rings is 1. The molecule has 21 heavy (non-hydrogen) atoms. The predicted molar refractivity (Wildman–Crippen MR) is 89.3 cm³/mol. The van der Waals surface area contributed by atoms with Crippen LogP contribution in [0, 0.1) is 0 Å². The number of imidazole rings is 1. The molecule has 2 rings (SSSR count). The van der Waals surface area contributed by atoms with Gasteiger partial charge in [-0.2, -0.15) is 5.10 Å². The van der Waals surface area contributed by atoms with Crippen molar-refractivity contribution in [3.8, 4) is 0 Å². The lowest BCUT2D eigenvalue weighted by atomic mass is 10.1. The van der Waals surface area contributed by atoms with Gasteiger partial charge < -0.3 is 10.4 Å². The molecular formula is C15H19ClN4S. The maximum atomic E-state index is 6.07. The summed E-state index contributed by atoms with van der Waals surface area (Å²) < 4.78 is 2.12. The summed E-state index contributed by atoms with van der Waals surface area (Å²) in [6, 6.07) is 7.83. The molecule has 0 radical (unpaired) electrons. The zero-order valence-electron chi connectivity index (χ0n) is 12.4. The Kier molecular flexibility index (Phi) is 5.31. The SMILES string of the molecule is CCn1c(C=NN)nc(C(C)C)c1Sc1cccc(Cl)c1. The Morgan fingerprint density at radius 1 is 1.48 bits per heavy atom. The summed E-state index contributed by atoms with van der Waals surface area (Å²) >= 11 is 7.74. The van der Waals surface area contributed by atoms with Crippen LogP contribution in [0.3, 0.4) is 0 Å². The maximum absolute atomic E-state index is 6.07. The van der Waals surface area contributed by atoms with Crippen LogP contribution in [0.15, 0.2) is 39.3 Å². The highest BCUT2D eigenvalue weighted by Crippen LogP contribution is 2.35. The summed E-state index contributed by atoms with van der Waals surface area (Å²) in [5.74, 6) is 6.39. The normalized spacial score (nSPS) is 11.7. The molecule has 0 spiro atoms. The molecule has 6 heteroatoms. The van der Waals surface area contributed by atoms with Crippen molar-refractivity contribution in [1.82, 2.24) is 9.55 Å². The third kappa shape index (κ3) is 3.60. The second-order valence-corrected chi connectivity index (χ2v) is 6.40. The lowest BCUT2D eigenvalue weighted by molar-refractivity contribution is 0.679. The van der Waals surface area contributed by atoms with E-state index >= 15 is 0 Å². The smallest absolute Gasteiger partial charge is 0.154 e. The number of hydrogen-bond donors (Lipinski definition) is 1. The number of aromatic nitrogens is 2. The van der Waals surface area contributed by atoms with E-state index in [9.17, 15) is 0 Å². The van der Waals surface area contributed by atoms with Crippen molar-refractivity contribution in [2.45, 2.75) is 43.2 Å². The van der Waals surface area contributed by atoms with Gasteiger partial charge in [-0.3, -0.25) is 0 Å². The van der Waals surface area contributed by atoms with Gasteiger partial charge in [0.2, 0.25) is 0 Å². The predicted octanol–water partition coefficient (Wildman–Crippen LogP) is 4.12. The lowest BCUT2D eigenvalue weighted by Crippen LogP contribution is -2.03. The number of rotatable bonds is 5. The van der Waals surface area contributed by atoms with E-state index in [2.05, 4.69) is 35.4 Å². The first-order valence-electron chi connectivity index (χ1n) is 6.83. The van der Waals surface area contributed by atoms with Crippen molar-refractivity contribution in [2.24, 2.45) is 10.9 Å². The molecule has 0 aliphatic rings. The quantitative estimate of drug-likeness (QED) is 0.511. The van der Waals surface area contributed by atoms with Crippen LogP contribution < -0.4 is 5.84 Å². The van der Waals surface area contributed by atoms with E-state index in [0.29, 0.717) is 5.92 Å². The number of nitrogens with zero attached hydrogens (tertiary/aromatic N) is 3. The molecule has 0 bridgehead atoms. The average molecular weight is 323 g/mol. The minimum Gasteiger partial charge on any atom is -0.323 e. The highest BCUT2D eigenvalue weighted by Gasteiger charge is 2.18. The van der Waals surface area contributed by atoms with Crippen LogP contribution in [0.25, 0.3) is 0 Å². The summed E-state index contributed by atoms with van der Waals surface area (Å²) in [5, 5.41) is 5.46. The highest BCUT2D eigenvalue weighted by atomic mass is 35.5. The minimum absolute atomic E-state index is 0.324. The molecule has 2 N–H and O–H groups in total. The van der Waals surface area contributed by atoms with Crippen molar-refractivity contribution >= 4 is 29.6 Å². The average Bonchev–Trinajstić information content (AvgIpc) is 2.77. The van der Waals surface area contributed by atoms with E-state index in [-0.39, 0.29) is 0 Å². The van der Waals surface area contributed by atoms with E-state index < -0.39 is 0 Å². The molecule has 1 aromatic heterocycles. The number of nitrogens with two attached hydrogens (primary N) is 1. The Morgan fingerprint density at radius 3 is 2.81 bits per heavy atom. The lowest BCUT2D eigenvalue weighted by Gasteiger charge is -2.10. The van der Waals surface area contributed by atoms with Crippen molar-refractivity contribution in [2.75, 3.05) is 0 Å². The minimum atomic E-state index is 0.324. The molecule has 0 saturated carbocycles. The van der Waals surface area contributed by atoms with Gasteiger partial charge in [0.1, 0.15) is 5.03 Å². The summed E-state index contributed by atoms with van der Waals surface area (Å²) in [6.45, 7) is 7.16. The second-order valence-electron chi connectivity index (χ2n) is 4.90. The molecule has 0 saturated heterocycles. The fraction of sp³-hybridized carbons (Fsp3) is 0.333. The molecular weight excluding hydrogens is 304 g/mol. The van der Waals surface area contributed by atoms with Crippen molar-refractivity contribution in [1.29, 1.82) is 0 Å². The molecule has 0 unspecified atom stereocenters.